The molecule has 0 aromatic carbocycles. The molecule has 1 aliphatic carbocycles. The summed E-state index contributed by atoms with van der Waals surface area (Å²) in [6.45, 7) is 2.27. The van der Waals surface area contributed by atoms with E-state index in [9.17, 15) is 4.79 Å². The smallest absolute Gasteiger partial charge is 0.317 e. The predicted molar refractivity (Wildman–Crippen MR) is 119 cm³/mol. The van der Waals surface area contributed by atoms with Crippen LogP contribution >= 0.6 is 0 Å². The van der Waals surface area contributed by atoms with Crippen molar-refractivity contribution in [3.05, 3.63) is 30.4 Å². The number of aromatic nitrogens is 3. The average molecular weight is 440 g/mol. The molecule has 1 atom stereocenters. The van der Waals surface area contributed by atoms with E-state index in [2.05, 4.69) is 20.4 Å². The van der Waals surface area contributed by atoms with Crippen molar-refractivity contribution in [2.45, 2.75) is 75.9 Å². The molecule has 1 unspecified atom stereocenters. The number of likely N-dealkylation sites (tertiary alicyclic amines) is 1. The maximum absolute atomic E-state index is 12.7. The Morgan fingerprint density at radius 2 is 2.03 bits per heavy atom. The lowest BCUT2D eigenvalue weighted by molar-refractivity contribution is -0.123. The Morgan fingerprint density at radius 3 is 2.81 bits per heavy atom. The zero-order valence-electron chi connectivity index (χ0n) is 18.7. The minimum Gasteiger partial charge on any atom is -0.375 e. The van der Waals surface area contributed by atoms with E-state index in [0.29, 0.717) is 23.7 Å². The van der Waals surface area contributed by atoms with Gasteiger partial charge in [0, 0.05) is 50.1 Å². The van der Waals surface area contributed by atoms with Crippen molar-refractivity contribution in [1.82, 2.24) is 25.3 Å². The van der Waals surface area contributed by atoms with Gasteiger partial charge in [0.05, 0.1) is 5.60 Å². The second-order valence-corrected chi connectivity index (χ2v) is 9.62. The second kappa shape index (κ2) is 9.57. The molecule has 2 aromatic heterocycles. The van der Waals surface area contributed by atoms with Crippen LogP contribution in [0.4, 0.5) is 4.79 Å². The fourth-order valence-corrected chi connectivity index (χ4v) is 5.48. The summed E-state index contributed by atoms with van der Waals surface area (Å²) in [5.41, 5.74) is 0.737. The SMILES string of the molecule is O=C(NC1CCCCC1)N1CCC2(CC1)CC(Cc1nc(-c3cccnc3)no1)CCO2. The van der Waals surface area contributed by atoms with Gasteiger partial charge in [-0.15, -0.1) is 0 Å². The summed E-state index contributed by atoms with van der Waals surface area (Å²) >= 11 is 0. The maximum atomic E-state index is 12.7. The molecule has 3 fully saturated rings. The molecular weight excluding hydrogens is 406 g/mol. The van der Waals surface area contributed by atoms with Crippen LogP contribution in [0.1, 0.15) is 63.7 Å². The quantitative estimate of drug-likeness (QED) is 0.775. The van der Waals surface area contributed by atoms with Gasteiger partial charge < -0.3 is 19.5 Å². The van der Waals surface area contributed by atoms with Crippen molar-refractivity contribution in [1.29, 1.82) is 0 Å². The van der Waals surface area contributed by atoms with E-state index in [4.69, 9.17) is 9.26 Å². The molecule has 2 saturated heterocycles. The van der Waals surface area contributed by atoms with Crippen molar-refractivity contribution in [3.8, 4) is 11.4 Å². The van der Waals surface area contributed by atoms with Gasteiger partial charge in [-0.3, -0.25) is 4.98 Å². The molecule has 0 bridgehead atoms. The number of nitrogens with one attached hydrogen (secondary N) is 1. The lowest BCUT2D eigenvalue weighted by atomic mass is 9.78. The van der Waals surface area contributed by atoms with Crippen LogP contribution in [0.25, 0.3) is 11.4 Å². The maximum Gasteiger partial charge on any atom is 0.317 e. The Balaban J connectivity index is 1.13. The fourth-order valence-electron chi connectivity index (χ4n) is 5.48. The number of carbonyl (C=O) groups is 1. The van der Waals surface area contributed by atoms with Crippen molar-refractivity contribution < 1.29 is 14.1 Å². The standard InChI is InChI=1S/C24H33N5O3/c30-23(26-20-6-2-1-3-7-20)29-12-9-24(10-13-29)16-18(8-14-31-24)15-21-27-22(28-32-21)19-5-4-11-25-17-19/h4-5,11,17-18,20H,1-3,6-10,12-16H2,(H,26,30). The van der Waals surface area contributed by atoms with Gasteiger partial charge in [-0.05, 0) is 56.6 Å². The Kier molecular flexibility index (Phi) is 6.39. The highest BCUT2D eigenvalue weighted by molar-refractivity contribution is 5.74. The Labute approximate surface area is 189 Å². The van der Waals surface area contributed by atoms with Crippen molar-refractivity contribution >= 4 is 6.03 Å². The summed E-state index contributed by atoms with van der Waals surface area (Å²) in [5.74, 6) is 1.72. The molecule has 1 spiro atoms. The van der Waals surface area contributed by atoms with E-state index in [1.807, 2.05) is 17.0 Å². The minimum atomic E-state index is -0.128. The summed E-state index contributed by atoms with van der Waals surface area (Å²) in [5, 5.41) is 7.38. The number of ether oxygens (including phenoxy) is 1. The highest BCUT2D eigenvalue weighted by Gasteiger charge is 2.41. The van der Waals surface area contributed by atoms with Crippen LogP contribution in [-0.2, 0) is 11.2 Å². The summed E-state index contributed by atoms with van der Waals surface area (Å²) < 4.78 is 11.8. The highest BCUT2D eigenvalue weighted by Crippen LogP contribution is 2.39. The number of piperidine rings is 1. The zero-order valence-corrected chi connectivity index (χ0v) is 18.7. The summed E-state index contributed by atoms with van der Waals surface area (Å²) in [6, 6.07) is 4.26. The molecule has 5 rings (SSSR count). The number of urea groups is 1. The van der Waals surface area contributed by atoms with E-state index in [1.54, 1.807) is 12.4 Å². The summed E-state index contributed by atoms with van der Waals surface area (Å²) in [7, 11) is 0. The lowest BCUT2D eigenvalue weighted by Crippen LogP contribution is -2.54. The first-order chi connectivity index (χ1) is 15.7. The third-order valence-electron chi connectivity index (χ3n) is 7.34. The number of hydrogen-bond donors (Lipinski definition) is 1. The normalized spacial score (nSPS) is 23.9. The molecule has 1 saturated carbocycles. The Hall–Kier alpha value is -2.48. The topological polar surface area (TPSA) is 93.4 Å². The van der Waals surface area contributed by atoms with Gasteiger partial charge in [0.25, 0.3) is 0 Å². The van der Waals surface area contributed by atoms with Gasteiger partial charge >= 0.3 is 6.03 Å². The van der Waals surface area contributed by atoms with Crippen LogP contribution in [0.2, 0.25) is 0 Å². The van der Waals surface area contributed by atoms with E-state index in [-0.39, 0.29) is 11.6 Å². The van der Waals surface area contributed by atoms with Gasteiger partial charge in [-0.25, -0.2) is 4.79 Å². The zero-order chi connectivity index (χ0) is 21.8. The third-order valence-corrected chi connectivity index (χ3v) is 7.34. The van der Waals surface area contributed by atoms with Crippen molar-refractivity contribution in [2.75, 3.05) is 19.7 Å². The molecule has 2 aliphatic heterocycles. The largest absolute Gasteiger partial charge is 0.375 e. The predicted octanol–water partition coefficient (Wildman–Crippen LogP) is 3.98. The first-order valence-corrected chi connectivity index (χ1v) is 12.1. The van der Waals surface area contributed by atoms with Gasteiger partial charge in [0.15, 0.2) is 0 Å². The number of pyridine rings is 1. The minimum absolute atomic E-state index is 0.105. The number of carbonyl (C=O) groups excluding carboxylic acids is 1. The molecule has 172 valence electrons. The first kappa shape index (κ1) is 21.4. The number of hydrogen-bond acceptors (Lipinski definition) is 6. The van der Waals surface area contributed by atoms with Crippen LogP contribution in [0, 0.1) is 5.92 Å². The second-order valence-electron chi connectivity index (χ2n) is 9.62. The van der Waals surface area contributed by atoms with Gasteiger partial charge in [-0.2, -0.15) is 4.98 Å². The number of rotatable bonds is 4. The van der Waals surface area contributed by atoms with E-state index < -0.39 is 0 Å². The molecule has 0 radical (unpaired) electrons. The number of nitrogens with zero attached hydrogens (tertiary/aromatic N) is 4. The van der Waals surface area contributed by atoms with E-state index in [0.717, 1.165) is 70.2 Å². The van der Waals surface area contributed by atoms with Crippen LogP contribution in [0.3, 0.4) is 0 Å². The molecule has 8 nitrogen and oxygen atoms in total. The summed E-state index contributed by atoms with van der Waals surface area (Å²) in [4.78, 5) is 23.4. The van der Waals surface area contributed by atoms with Crippen LogP contribution in [0.15, 0.2) is 29.0 Å². The molecule has 2 amide bonds. The highest BCUT2D eigenvalue weighted by atomic mass is 16.5. The van der Waals surface area contributed by atoms with Crippen LogP contribution < -0.4 is 5.32 Å². The van der Waals surface area contributed by atoms with E-state index >= 15 is 0 Å². The molecule has 4 heterocycles. The summed E-state index contributed by atoms with van der Waals surface area (Å²) in [6.07, 6.45) is 14.0. The molecule has 1 N–H and O–H groups in total. The molecule has 32 heavy (non-hydrogen) atoms. The van der Waals surface area contributed by atoms with Crippen LogP contribution in [-0.4, -0.2) is 57.4 Å². The van der Waals surface area contributed by atoms with Gasteiger partial charge in [0.1, 0.15) is 0 Å². The number of amides is 2. The molecule has 8 heteroatoms. The molecule has 3 aliphatic rings. The fraction of sp³-hybridized carbons (Fsp3) is 0.667. The van der Waals surface area contributed by atoms with Gasteiger partial charge in [0.2, 0.25) is 11.7 Å². The third kappa shape index (κ3) is 4.95. The Morgan fingerprint density at radius 1 is 1.19 bits per heavy atom. The molecule has 2 aromatic rings. The van der Waals surface area contributed by atoms with Gasteiger partial charge in [-0.1, -0.05) is 24.4 Å². The average Bonchev–Trinajstić information content (AvgIpc) is 3.29. The first-order valence-electron chi connectivity index (χ1n) is 12.1. The van der Waals surface area contributed by atoms with E-state index in [1.165, 1.54) is 19.3 Å². The molecular formula is C24H33N5O3. The lowest BCUT2D eigenvalue weighted by Gasteiger charge is -2.46. The van der Waals surface area contributed by atoms with Crippen molar-refractivity contribution in [2.24, 2.45) is 5.92 Å². The monoisotopic (exact) mass is 439 g/mol. The Bertz CT molecular complexity index is 888. The van der Waals surface area contributed by atoms with Crippen LogP contribution in [0.5, 0.6) is 0 Å². The van der Waals surface area contributed by atoms with Crippen molar-refractivity contribution in [3.63, 3.8) is 0 Å².